The summed E-state index contributed by atoms with van der Waals surface area (Å²) in [4.78, 5) is 0. The topological polar surface area (TPSA) is 27.7 Å². The van der Waals surface area contributed by atoms with Gasteiger partial charge >= 0.3 is 0 Å². The molecule has 3 nitrogen and oxygen atoms in total. The fourth-order valence-electron chi connectivity index (χ4n) is 2.50. The highest BCUT2D eigenvalue weighted by molar-refractivity contribution is 6.17. The summed E-state index contributed by atoms with van der Waals surface area (Å²) >= 11 is 5.68. The molecule has 0 aromatic heterocycles. The van der Waals surface area contributed by atoms with Crippen LogP contribution in [0.1, 0.15) is 25.7 Å². The molecule has 0 N–H and O–H groups in total. The van der Waals surface area contributed by atoms with Crippen molar-refractivity contribution in [3.05, 3.63) is 30.3 Å². The number of benzene rings is 2. The number of hydrogen-bond acceptors (Lipinski definition) is 3. The van der Waals surface area contributed by atoms with Gasteiger partial charge in [-0.1, -0.05) is 37.1 Å². The van der Waals surface area contributed by atoms with Gasteiger partial charge in [-0.3, -0.25) is 0 Å². The average Bonchev–Trinajstić information content (AvgIpc) is 2.57. The number of halogens is 1. The van der Waals surface area contributed by atoms with Gasteiger partial charge in [0.15, 0.2) is 11.5 Å². The molecule has 0 saturated carbocycles. The van der Waals surface area contributed by atoms with E-state index in [-0.39, 0.29) is 0 Å². The lowest BCUT2D eigenvalue weighted by Gasteiger charge is -2.15. The van der Waals surface area contributed by atoms with Crippen LogP contribution in [0.15, 0.2) is 30.3 Å². The third-order valence-corrected chi connectivity index (χ3v) is 3.90. The van der Waals surface area contributed by atoms with E-state index < -0.39 is 0 Å². The smallest absolute Gasteiger partial charge is 0.168 e. The fourth-order valence-corrected chi connectivity index (χ4v) is 2.69. The Morgan fingerprint density at radius 3 is 2.27 bits per heavy atom. The molecular formula is C18H23ClO3. The first-order chi connectivity index (χ1) is 10.8. The monoisotopic (exact) mass is 322 g/mol. The van der Waals surface area contributed by atoms with Crippen LogP contribution in [0, 0.1) is 0 Å². The van der Waals surface area contributed by atoms with Crippen molar-refractivity contribution in [1.29, 1.82) is 0 Å². The molecule has 2 rings (SSSR count). The van der Waals surface area contributed by atoms with E-state index in [1.165, 1.54) is 0 Å². The van der Waals surface area contributed by atoms with E-state index in [9.17, 15) is 0 Å². The maximum atomic E-state index is 5.97. The van der Waals surface area contributed by atoms with E-state index in [1.807, 2.05) is 30.3 Å². The lowest BCUT2D eigenvalue weighted by molar-refractivity contribution is 0.304. The Morgan fingerprint density at radius 2 is 1.59 bits per heavy atom. The highest BCUT2D eigenvalue weighted by Gasteiger charge is 2.13. The first kappa shape index (κ1) is 16.8. The van der Waals surface area contributed by atoms with Gasteiger partial charge < -0.3 is 14.2 Å². The zero-order valence-electron chi connectivity index (χ0n) is 13.2. The summed E-state index contributed by atoms with van der Waals surface area (Å²) in [5, 5.41) is 2.04. The summed E-state index contributed by atoms with van der Waals surface area (Å²) in [6, 6.07) is 9.95. The van der Waals surface area contributed by atoms with Crippen molar-refractivity contribution in [3.8, 4) is 17.2 Å². The molecule has 0 saturated heterocycles. The highest BCUT2D eigenvalue weighted by Crippen LogP contribution is 2.41. The molecule has 0 fully saturated rings. The van der Waals surface area contributed by atoms with Gasteiger partial charge in [0.05, 0.1) is 20.8 Å². The van der Waals surface area contributed by atoms with E-state index >= 15 is 0 Å². The second-order valence-corrected chi connectivity index (χ2v) is 5.49. The second-order valence-electron chi connectivity index (χ2n) is 5.11. The number of ether oxygens (including phenoxy) is 3. The number of methoxy groups -OCH3 is 2. The van der Waals surface area contributed by atoms with Crippen molar-refractivity contribution in [2.45, 2.75) is 25.7 Å². The molecule has 2 aromatic carbocycles. The average molecular weight is 323 g/mol. The number of unbranched alkanes of at least 4 members (excludes halogenated alkanes) is 3. The number of alkyl halides is 1. The summed E-state index contributed by atoms with van der Waals surface area (Å²) < 4.78 is 16.9. The summed E-state index contributed by atoms with van der Waals surface area (Å²) in [5.74, 6) is 3.01. The third-order valence-electron chi connectivity index (χ3n) is 3.63. The van der Waals surface area contributed by atoms with Gasteiger partial charge in [-0.2, -0.15) is 0 Å². The van der Waals surface area contributed by atoms with Crippen LogP contribution < -0.4 is 14.2 Å². The highest BCUT2D eigenvalue weighted by atomic mass is 35.5. The normalized spacial score (nSPS) is 10.7. The predicted molar refractivity (Wildman–Crippen MR) is 91.7 cm³/mol. The quantitative estimate of drug-likeness (QED) is 0.478. The predicted octanol–water partition coefficient (Wildman–Crippen LogP) is 5.04. The summed E-state index contributed by atoms with van der Waals surface area (Å²) in [5.41, 5.74) is 0. The Kier molecular flexibility index (Phi) is 6.66. The lowest BCUT2D eigenvalue weighted by Crippen LogP contribution is -2.00. The van der Waals surface area contributed by atoms with Gasteiger partial charge in [-0.05, 0) is 12.8 Å². The maximum absolute atomic E-state index is 5.97. The molecule has 0 amide bonds. The number of fused-ring (bicyclic) bond motifs is 1. The summed E-state index contributed by atoms with van der Waals surface area (Å²) in [6.07, 6.45) is 4.39. The van der Waals surface area contributed by atoms with Crippen molar-refractivity contribution < 1.29 is 14.2 Å². The molecule has 2 aromatic rings. The molecule has 0 heterocycles. The zero-order chi connectivity index (χ0) is 15.8. The van der Waals surface area contributed by atoms with Crippen LogP contribution in [0.3, 0.4) is 0 Å². The van der Waals surface area contributed by atoms with Gasteiger partial charge in [0, 0.05) is 22.7 Å². The lowest BCUT2D eigenvalue weighted by atomic mass is 10.1. The zero-order valence-corrected chi connectivity index (χ0v) is 14.0. The molecule has 22 heavy (non-hydrogen) atoms. The molecule has 0 bridgehead atoms. The molecule has 120 valence electrons. The fraction of sp³-hybridized carbons (Fsp3) is 0.444. The molecule has 0 spiro atoms. The van der Waals surface area contributed by atoms with Crippen molar-refractivity contribution in [2.24, 2.45) is 0 Å². The van der Waals surface area contributed by atoms with E-state index in [4.69, 9.17) is 25.8 Å². The Labute approximate surface area is 137 Å². The Bertz CT molecular complexity index is 598. The van der Waals surface area contributed by atoms with E-state index in [1.54, 1.807) is 14.2 Å². The Hall–Kier alpha value is -1.61. The van der Waals surface area contributed by atoms with Gasteiger partial charge in [0.2, 0.25) is 0 Å². The summed E-state index contributed by atoms with van der Waals surface area (Å²) in [6.45, 7) is 0.696. The van der Waals surface area contributed by atoms with Crippen molar-refractivity contribution in [3.63, 3.8) is 0 Å². The summed E-state index contributed by atoms with van der Waals surface area (Å²) in [7, 11) is 3.30. The third kappa shape index (κ3) is 3.98. The van der Waals surface area contributed by atoms with E-state index in [0.717, 1.165) is 53.8 Å². The van der Waals surface area contributed by atoms with E-state index in [0.29, 0.717) is 12.4 Å². The molecule has 0 aliphatic heterocycles. The van der Waals surface area contributed by atoms with Crippen LogP contribution in [-0.4, -0.2) is 26.7 Å². The Balaban J connectivity index is 2.15. The van der Waals surface area contributed by atoms with Crippen LogP contribution >= 0.6 is 11.6 Å². The van der Waals surface area contributed by atoms with Crippen molar-refractivity contribution in [1.82, 2.24) is 0 Å². The van der Waals surface area contributed by atoms with Gasteiger partial charge in [0.1, 0.15) is 5.75 Å². The van der Waals surface area contributed by atoms with Gasteiger partial charge in [0.25, 0.3) is 0 Å². The maximum Gasteiger partial charge on any atom is 0.168 e. The minimum atomic E-state index is 0.693. The first-order valence-corrected chi connectivity index (χ1v) is 8.17. The first-order valence-electron chi connectivity index (χ1n) is 7.64. The second kappa shape index (κ2) is 8.74. The number of rotatable bonds is 9. The minimum absolute atomic E-state index is 0.693. The van der Waals surface area contributed by atoms with Crippen molar-refractivity contribution >= 4 is 22.4 Å². The van der Waals surface area contributed by atoms with Gasteiger partial charge in [-0.25, -0.2) is 0 Å². The molecule has 0 aliphatic rings. The molecule has 0 unspecified atom stereocenters. The number of hydrogen-bond donors (Lipinski definition) is 0. The van der Waals surface area contributed by atoms with Crippen LogP contribution in [0.25, 0.3) is 10.8 Å². The van der Waals surface area contributed by atoms with Crippen molar-refractivity contribution in [2.75, 3.05) is 26.7 Å². The van der Waals surface area contributed by atoms with Gasteiger partial charge in [-0.15, -0.1) is 11.6 Å². The standard InChI is InChI=1S/C18H23ClO3/c1-20-17-13-16(22-12-8-4-3-7-11-19)14-9-5-6-10-15(14)18(17)21-2/h5-6,9-10,13H,3-4,7-8,11-12H2,1-2H3. The largest absolute Gasteiger partial charge is 0.493 e. The molecule has 0 aliphatic carbocycles. The SMILES string of the molecule is COc1cc(OCCCCCCCl)c2ccccc2c1OC. The molecule has 4 heteroatoms. The van der Waals surface area contributed by atoms with E-state index in [2.05, 4.69) is 0 Å². The van der Waals surface area contributed by atoms with Crippen LogP contribution in [0.5, 0.6) is 17.2 Å². The minimum Gasteiger partial charge on any atom is -0.493 e. The van der Waals surface area contributed by atoms with Crippen LogP contribution in [-0.2, 0) is 0 Å². The van der Waals surface area contributed by atoms with Crippen LogP contribution in [0.4, 0.5) is 0 Å². The molecule has 0 atom stereocenters. The molecule has 0 radical (unpaired) electrons. The molecular weight excluding hydrogens is 300 g/mol. The Morgan fingerprint density at radius 1 is 0.864 bits per heavy atom. The van der Waals surface area contributed by atoms with Crippen LogP contribution in [0.2, 0.25) is 0 Å².